The fraction of sp³-hybridized carbons (Fsp3) is 0.333. The van der Waals surface area contributed by atoms with Crippen LogP contribution in [-0.2, 0) is 16.0 Å². The summed E-state index contributed by atoms with van der Waals surface area (Å²) in [6.07, 6.45) is -0.0273. The van der Waals surface area contributed by atoms with Crippen LogP contribution in [0, 0.1) is 11.3 Å². The predicted octanol–water partition coefficient (Wildman–Crippen LogP) is 2.33. The van der Waals surface area contributed by atoms with Gasteiger partial charge in [-0.25, -0.2) is 0 Å². The van der Waals surface area contributed by atoms with Crippen LogP contribution in [0.4, 0.5) is 0 Å². The molecule has 17 heavy (non-hydrogen) atoms. The molecule has 0 aliphatic rings. The average Bonchev–Trinajstić information content (AvgIpc) is 2.30. The van der Waals surface area contributed by atoms with Crippen LogP contribution in [0.3, 0.4) is 0 Å². The Hall–Kier alpha value is -1.73. The van der Waals surface area contributed by atoms with Gasteiger partial charge in [-0.3, -0.25) is 4.79 Å². The van der Waals surface area contributed by atoms with Gasteiger partial charge in [-0.2, -0.15) is 5.26 Å². The Morgan fingerprint density at radius 3 is 2.76 bits per heavy atom. The highest BCUT2D eigenvalue weighted by atomic mass is 35.5. The van der Waals surface area contributed by atoms with Gasteiger partial charge in [-0.15, -0.1) is 0 Å². The Balaban J connectivity index is 3.15. The fourth-order valence-corrected chi connectivity index (χ4v) is 1.71. The van der Waals surface area contributed by atoms with E-state index in [9.17, 15) is 4.79 Å². The number of ether oxygens (including phenoxy) is 2. The zero-order valence-electron chi connectivity index (χ0n) is 9.62. The molecule has 0 saturated heterocycles. The zero-order chi connectivity index (χ0) is 12.8. The van der Waals surface area contributed by atoms with E-state index in [0.29, 0.717) is 28.5 Å². The Morgan fingerprint density at radius 2 is 2.24 bits per heavy atom. The quantitative estimate of drug-likeness (QED) is 0.773. The smallest absolute Gasteiger partial charge is 0.310 e. The highest BCUT2D eigenvalue weighted by molar-refractivity contribution is 6.32. The van der Waals surface area contributed by atoms with Crippen molar-refractivity contribution < 1.29 is 14.3 Å². The van der Waals surface area contributed by atoms with Crippen LogP contribution < -0.4 is 4.74 Å². The first-order valence-electron chi connectivity index (χ1n) is 5.05. The maximum Gasteiger partial charge on any atom is 0.310 e. The molecule has 0 atom stereocenters. The molecule has 0 unspecified atom stereocenters. The number of carbonyl (C=O) groups excluding carboxylic acids is 1. The molecule has 1 aromatic rings. The van der Waals surface area contributed by atoms with E-state index in [1.807, 2.05) is 6.07 Å². The number of halogens is 1. The molecule has 0 aliphatic heterocycles. The topological polar surface area (TPSA) is 59.3 Å². The first kappa shape index (κ1) is 13.3. The molecule has 0 aliphatic carbocycles. The molecule has 4 nitrogen and oxygen atoms in total. The van der Waals surface area contributed by atoms with Gasteiger partial charge in [0.25, 0.3) is 0 Å². The second-order valence-corrected chi connectivity index (χ2v) is 3.61. The third kappa shape index (κ3) is 3.11. The number of hydrogen-bond acceptors (Lipinski definition) is 4. The molecule has 0 aromatic heterocycles. The second-order valence-electron chi connectivity index (χ2n) is 3.20. The average molecular weight is 254 g/mol. The normalized spacial score (nSPS) is 9.53. The first-order chi connectivity index (χ1) is 8.13. The van der Waals surface area contributed by atoms with Crippen LogP contribution >= 0.6 is 11.6 Å². The van der Waals surface area contributed by atoms with E-state index in [2.05, 4.69) is 0 Å². The Kier molecular flexibility index (Phi) is 4.80. The highest BCUT2D eigenvalue weighted by Crippen LogP contribution is 2.31. The third-order valence-corrected chi connectivity index (χ3v) is 2.46. The van der Waals surface area contributed by atoms with E-state index in [4.69, 9.17) is 26.3 Å². The van der Waals surface area contributed by atoms with E-state index >= 15 is 0 Å². The molecule has 90 valence electrons. The highest BCUT2D eigenvalue weighted by Gasteiger charge is 2.16. The van der Waals surface area contributed by atoms with Gasteiger partial charge in [0.1, 0.15) is 5.75 Å². The predicted molar refractivity (Wildman–Crippen MR) is 63.1 cm³/mol. The number of esters is 1. The van der Waals surface area contributed by atoms with Crippen molar-refractivity contribution in [2.75, 3.05) is 13.7 Å². The number of carbonyl (C=O) groups is 1. The summed E-state index contributed by atoms with van der Waals surface area (Å²) >= 11 is 5.93. The Bertz CT molecular complexity index is 466. The van der Waals surface area contributed by atoms with Crippen molar-refractivity contribution in [3.8, 4) is 11.8 Å². The minimum Gasteiger partial charge on any atom is -0.495 e. The van der Waals surface area contributed by atoms with Crippen molar-refractivity contribution in [1.29, 1.82) is 5.26 Å². The molecule has 0 bridgehead atoms. The maximum atomic E-state index is 11.4. The molecule has 0 N–H and O–H groups in total. The van der Waals surface area contributed by atoms with E-state index in [1.165, 1.54) is 7.11 Å². The van der Waals surface area contributed by atoms with Crippen LogP contribution in [0.5, 0.6) is 5.75 Å². The van der Waals surface area contributed by atoms with E-state index in [0.717, 1.165) is 0 Å². The summed E-state index contributed by atoms with van der Waals surface area (Å²) in [5.41, 5.74) is 0.820. The minimum atomic E-state index is -0.412. The third-order valence-electron chi connectivity index (χ3n) is 2.16. The van der Waals surface area contributed by atoms with Gasteiger partial charge in [0.15, 0.2) is 0 Å². The van der Waals surface area contributed by atoms with Gasteiger partial charge in [0.05, 0.1) is 36.8 Å². The summed E-state index contributed by atoms with van der Waals surface area (Å²) in [4.78, 5) is 11.4. The molecule has 1 aromatic carbocycles. The minimum absolute atomic E-state index is 0.0273. The van der Waals surface area contributed by atoms with Crippen molar-refractivity contribution in [2.45, 2.75) is 13.3 Å². The van der Waals surface area contributed by atoms with Gasteiger partial charge >= 0.3 is 5.97 Å². The number of nitriles is 1. The van der Waals surface area contributed by atoms with Crippen LogP contribution in [0.15, 0.2) is 12.1 Å². The summed E-state index contributed by atoms with van der Waals surface area (Å²) in [7, 11) is 1.44. The van der Waals surface area contributed by atoms with Crippen LogP contribution in [-0.4, -0.2) is 19.7 Å². The largest absolute Gasteiger partial charge is 0.495 e. The van der Waals surface area contributed by atoms with Gasteiger partial charge in [0.2, 0.25) is 0 Å². The van der Waals surface area contributed by atoms with Gasteiger partial charge in [-0.05, 0) is 19.1 Å². The van der Waals surface area contributed by atoms with Gasteiger partial charge in [0, 0.05) is 5.56 Å². The van der Waals surface area contributed by atoms with E-state index in [-0.39, 0.29) is 6.42 Å². The molecule has 0 saturated carbocycles. The fourth-order valence-electron chi connectivity index (χ4n) is 1.46. The van der Waals surface area contributed by atoms with E-state index < -0.39 is 5.97 Å². The lowest BCUT2D eigenvalue weighted by atomic mass is 10.0. The van der Waals surface area contributed by atoms with Gasteiger partial charge in [-0.1, -0.05) is 11.6 Å². The molecule has 0 spiro atoms. The summed E-state index contributed by atoms with van der Waals surface area (Å²) in [5.74, 6) is -0.0664. The summed E-state index contributed by atoms with van der Waals surface area (Å²) in [6.45, 7) is 2.02. The monoisotopic (exact) mass is 253 g/mol. The molecule has 1 rings (SSSR count). The first-order valence-corrected chi connectivity index (χ1v) is 5.42. The maximum absolute atomic E-state index is 11.4. The number of nitrogens with zero attached hydrogens (tertiary/aromatic N) is 1. The molecule has 0 fully saturated rings. The lowest BCUT2D eigenvalue weighted by Crippen LogP contribution is -2.10. The van der Waals surface area contributed by atoms with Crippen LogP contribution in [0.2, 0.25) is 5.02 Å². The molecular weight excluding hydrogens is 242 g/mol. The van der Waals surface area contributed by atoms with E-state index in [1.54, 1.807) is 19.1 Å². The molecule has 0 heterocycles. The van der Waals surface area contributed by atoms with Crippen molar-refractivity contribution in [3.05, 3.63) is 28.3 Å². The summed E-state index contributed by atoms with van der Waals surface area (Å²) < 4.78 is 9.94. The Morgan fingerprint density at radius 1 is 1.53 bits per heavy atom. The zero-order valence-corrected chi connectivity index (χ0v) is 10.4. The van der Waals surface area contributed by atoms with Crippen molar-refractivity contribution in [3.63, 3.8) is 0 Å². The molecular formula is C12H12ClNO3. The van der Waals surface area contributed by atoms with Crippen molar-refractivity contribution >= 4 is 17.6 Å². The van der Waals surface area contributed by atoms with Crippen LogP contribution in [0.1, 0.15) is 18.1 Å². The Labute approximate surface area is 105 Å². The number of hydrogen-bond donors (Lipinski definition) is 0. The van der Waals surface area contributed by atoms with Crippen molar-refractivity contribution in [1.82, 2.24) is 0 Å². The van der Waals surface area contributed by atoms with Crippen LogP contribution in [0.25, 0.3) is 0 Å². The molecule has 0 amide bonds. The standard InChI is InChI=1S/C12H12ClNO3/c1-3-17-11(15)6-9-8(7-14)4-5-10(13)12(9)16-2/h4-5H,3,6H2,1-2H3. The number of methoxy groups -OCH3 is 1. The molecule has 0 radical (unpaired) electrons. The summed E-state index contributed by atoms with van der Waals surface area (Å²) in [5, 5.41) is 9.34. The molecule has 5 heteroatoms. The number of benzene rings is 1. The SMILES string of the molecule is CCOC(=O)Cc1c(C#N)ccc(Cl)c1OC. The lowest BCUT2D eigenvalue weighted by Gasteiger charge is -2.11. The second kappa shape index (κ2) is 6.12. The van der Waals surface area contributed by atoms with Gasteiger partial charge < -0.3 is 9.47 Å². The van der Waals surface area contributed by atoms with Crippen molar-refractivity contribution in [2.24, 2.45) is 0 Å². The number of rotatable bonds is 4. The summed E-state index contributed by atoms with van der Waals surface area (Å²) in [6, 6.07) is 5.12. The lowest BCUT2D eigenvalue weighted by molar-refractivity contribution is -0.142.